The second-order valence-electron chi connectivity index (χ2n) is 22.4. The van der Waals surface area contributed by atoms with Crippen molar-refractivity contribution in [3.8, 4) is 17.1 Å². The Kier molecular flexibility index (Phi) is 13.4. The van der Waals surface area contributed by atoms with E-state index in [2.05, 4.69) is 55.0 Å². The van der Waals surface area contributed by atoms with Crippen LogP contribution in [-0.2, 0) is 49.0 Å². The molecule has 390 valence electrons. The maximum absolute atomic E-state index is 13.8. The largest absolute Gasteiger partial charge is 0.462 e. The number of fused-ring (bicyclic) bond motifs is 9. The number of piperazine rings is 1. The monoisotopic (exact) mass is 1010 g/mol. The summed E-state index contributed by atoms with van der Waals surface area (Å²) in [5.41, 5.74) is 8.96. The Hall–Kier alpha value is -6.12. The summed E-state index contributed by atoms with van der Waals surface area (Å²) in [5, 5.41) is 12.1. The molecule has 14 heteroatoms. The molecule has 2 unspecified atom stereocenters. The van der Waals surface area contributed by atoms with E-state index in [9.17, 15) is 29.1 Å². The fourth-order valence-corrected chi connectivity index (χ4v) is 14.4. The molecule has 6 atom stereocenters. The van der Waals surface area contributed by atoms with E-state index in [0.717, 1.165) is 107 Å². The maximum atomic E-state index is 13.8. The number of benzene rings is 2. The summed E-state index contributed by atoms with van der Waals surface area (Å²) in [4.78, 5) is 76.2. The Morgan fingerprint density at radius 2 is 1.70 bits per heavy atom. The van der Waals surface area contributed by atoms with Gasteiger partial charge >= 0.3 is 18.0 Å². The normalized spacial score (nSPS) is 26.1. The Morgan fingerprint density at radius 1 is 0.919 bits per heavy atom. The molecule has 4 aliphatic carbocycles. The number of hydrogen-bond acceptors (Lipinski definition) is 12. The highest BCUT2D eigenvalue weighted by Gasteiger charge is 2.58. The molecule has 0 radical (unpaired) electrons. The van der Waals surface area contributed by atoms with E-state index in [1.54, 1.807) is 41.0 Å². The first-order valence-electron chi connectivity index (χ1n) is 27.5. The van der Waals surface area contributed by atoms with Crippen LogP contribution in [0.4, 0.5) is 10.5 Å². The topological polar surface area (TPSA) is 161 Å². The third kappa shape index (κ3) is 8.76. The number of aliphatic hydroxyl groups is 1. The summed E-state index contributed by atoms with van der Waals surface area (Å²) >= 11 is 0. The first-order valence-corrected chi connectivity index (χ1v) is 27.5. The van der Waals surface area contributed by atoms with Crippen LogP contribution in [0.15, 0.2) is 76.1 Å². The number of pyridine rings is 2. The van der Waals surface area contributed by atoms with Crippen LogP contribution >= 0.6 is 0 Å². The minimum atomic E-state index is -1.89. The first kappa shape index (κ1) is 50.1. The standard InChI is InChI=1S/C60H71N5O9/c1-6-42-45-31-41(18-22-51(45)61-55-47(42)34-65-52(55)32-50-48(56(65)68)35-72-57(69)60(50,71)7-2)74-58(70)64-28-26-63(27-29-64)25-11-9-8-10-24-62(5)39-15-12-37(13-16-39)46-33-59(4)49(21-23-53(59)73-36(3)66)44-19-14-38-30-40(67)17-20-43(38)54(44)46/h12-13,15-16,18,22,30-32,44,46,49,53,71H,6-11,14,17,19-21,23-29,33-35H2,1-5H3/t44?,46?,49-,53+,59-,60-/m0/s1. The van der Waals surface area contributed by atoms with Gasteiger partial charge in [0.1, 0.15) is 18.5 Å². The predicted octanol–water partition coefficient (Wildman–Crippen LogP) is 9.29. The molecular formula is C60H71N5O9. The Morgan fingerprint density at radius 3 is 2.46 bits per heavy atom. The Balaban J connectivity index is 0.652. The van der Waals surface area contributed by atoms with Gasteiger partial charge in [-0.25, -0.2) is 14.6 Å². The van der Waals surface area contributed by atoms with Crippen LogP contribution in [0.5, 0.6) is 5.75 Å². The van der Waals surface area contributed by atoms with Crippen LogP contribution in [-0.4, -0.2) is 101 Å². The molecule has 7 aliphatic rings. The predicted molar refractivity (Wildman–Crippen MR) is 282 cm³/mol. The summed E-state index contributed by atoms with van der Waals surface area (Å²) in [5.74, 6) is 0.956. The number of amides is 1. The number of ether oxygens (including phenoxy) is 3. The van der Waals surface area contributed by atoms with Crippen LogP contribution in [0.2, 0.25) is 0 Å². The van der Waals surface area contributed by atoms with E-state index in [1.165, 1.54) is 22.4 Å². The van der Waals surface area contributed by atoms with Crippen molar-refractivity contribution in [1.29, 1.82) is 0 Å². The van der Waals surface area contributed by atoms with Crippen LogP contribution in [0, 0.1) is 17.3 Å². The fraction of sp³-hybridized carbons (Fsp3) is 0.533. The molecular weight excluding hydrogens is 935 g/mol. The summed E-state index contributed by atoms with van der Waals surface area (Å²) in [6.45, 7) is 12.6. The highest BCUT2D eigenvalue weighted by Crippen LogP contribution is 2.64. The van der Waals surface area contributed by atoms with Crippen molar-refractivity contribution in [3.63, 3.8) is 0 Å². The number of rotatable bonds is 13. The lowest BCUT2D eigenvalue weighted by Gasteiger charge is -2.52. The van der Waals surface area contributed by atoms with E-state index in [1.807, 2.05) is 18.2 Å². The number of esters is 2. The number of cyclic esters (lactones) is 1. The minimum absolute atomic E-state index is 0.0541. The van der Waals surface area contributed by atoms with E-state index in [4.69, 9.17) is 19.2 Å². The van der Waals surface area contributed by atoms with Gasteiger partial charge in [0.2, 0.25) is 0 Å². The fourth-order valence-electron chi connectivity index (χ4n) is 14.4. The van der Waals surface area contributed by atoms with E-state index < -0.39 is 11.6 Å². The van der Waals surface area contributed by atoms with Crippen molar-refractivity contribution >= 4 is 40.4 Å². The number of aryl methyl sites for hydroxylation is 1. The number of nitrogens with zero attached hydrogens (tertiary/aromatic N) is 5. The van der Waals surface area contributed by atoms with Gasteiger partial charge in [-0.05, 0) is 147 Å². The lowest BCUT2D eigenvalue weighted by molar-refractivity contribution is -0.172. The SMILES string of the molecule is CCc1c2c(nc3ccc(OC(=O)N4CCN(CCCCCCN(C)c5ccc(C6C[C@]7(C)[C@H](OC(C)=O)CC[C@H]7C7CCC8=CC(=O)CCC8=C67)cc5)CC4)cc13)-c1cc3c(c(=O)n1C2)COC(=O)[C@]3(O)CC. The second-order valence-corrected chi connectivity index (χ2v) is 22.4. The Bertz CT molecular complexity index is 3060. The van der Waals surface area contributed by atoms with Crippen molar-refractivity contribution < 1.29 is 38.5 Å². The molecule has 1 N–H and O–H groups in total. The number of allylic oxidation sites excluding steroid dienone is 4. The van der Waals surface area contributed by atoms with Gasteiger partial charge in [-0.15, -0.1) is 0 Å². The molecule has 1 amide bonds. The highest BCUT2D eigenvalue weighted by atomic mass is 16.6. The summed E-state index contributed by atoms with van der Waals surface area (Å²) < 4.78 is 18.9. The number of carbonyl (C=O) groups is 4. The van der Waals surface area contributed by atoms with Crippen LogP contribution in [0.3, 0.4) is 0 Å². The van der Waals surface area contributed by atoms with E-state index in [-0.39, 0.29) is 65.0 Å². The molecule has 0 spiro atoms. The maximum Gasteiger partial charge on any atom is 0.415 e. The zero-order valence-electron chi connectivity index (χ0n) is 43.8. The highest BCUT2D eigenvalue weighted by molar-refractivity contribution is 5.93. The molecule has 2 aromatic carbocycles. The third-order valence-corrected chi connectivity index (χ3v) is 18.4. The molecule has 5 heterocycles. The van der Waals surface area contributed by atoms with Crippen molar-refractivity contribution in [2.24, 2.45) is 17.3 Å². The Labute approximate surface area is 433 Å². The van der Waals surface area contributed by atoms with Crippen molar-refractivity contribution in [2.75, 3.05) is 51.2 Å². The van der Waals surface area contributed by atoms with E-state index >= 15 is 0 Å². The van der Waals surface area contributed by atoms with Gasteiger partial charge in [0.25, 0.3) is 5.56 Å². The molecule has 14 nitrogen and oxygen atoms in total. The van der Waals surface area contributed by atoms with Gasteiger partial charge in [-0.1, -0.05) is 51.3 Å². The molecule has 74 heavy (non-hydrogen) atoms. The lowest BCUT2D eigenvalue weighted by Crippen LogP contribution is -2.49. The molecule has 1 saturated heterocycles. The zero-order valence-corrected chi connectivity index (χ0v) is 43.8. The average Bonchev–Trinajstić information content (AvgIpc) is 3.93. The van der Waals surface area contributed by atoms with Crippen LogP contribution in [0.25, 0.3) is 22.3 Å². The van der Waals surface area contributed by atoms with Gasteiger partial charge < -0.3 is 33.7 Å². The van der Waals surface area contributed by atoms with Gasteiger partial charge in [0.15, 0.2) is 11.4 Å². The molecule has 2 aromatic heterocycles. The zero-order chi connectivity index (χ0) is 51.6. The molecule has 4 aromatic rings. The molecule has 2 saturated carbocycles. The summed E-state index contributed by atoms with van der Waals surface area (Å²) in [7, 11) is 2.18. The van der Waals surface area contributed by atoms with Crippen LogP contribution in [0.1, 0.15) is 138 Å². The molecule has 0 bridgehead atoms. The first-order chi connectivity index (χ1) is 35.7. The second kappa shape index (κ2) is 19.9. The van der Waals surface area contributed by atoms with Crippen molar-refractivity contribution in [2.45, 2.75) is 142 Å². The molecule has 11 rings (SSSR count). The van der Waals surface area contributed by atoms with Crippen molar-refractivity contribution in [3.05, 3.63) is 109 Å². The smallest absolute Gasteiger partial charge is 0.415 e. The quantitative estimate of drug-likeness (QED) is 0.0881. The minimum Gasteiger partial charge on any atom is -0.462 e. The van der Waals surface area contributed by atoms with Crippen molar-refractivity contribution in [1.82, 2.24) is 19.4 Å². The number of ketones is 1. The van der Waals surface area contributed by atoms with Crippen LogP contribution < -0.4 is 15.2 Å². The third-order valence-electron chi connectivity index (χ3n) is 18.4. The summed E-state index contributed by atoms with van der Waals surface area (Å²) in [6.07, 6.45) is 13.2. The number of anilines is 1. The van der Waals surface area contributed by atoms with Gasteiger partial charge in [0, 0.05) is 86.6 Å². The van der Waals surface area contributed by atoms with Gasteiger partial charge in [0.05, 0.1) is 29.0 Å². The summed E-state index contributed by atoms with van der Waals surface area (Å²) in [6, 6.07) is 16.4. The average molecular weight is 1010 g/mol. The van der Waals surface area contributed by atoms with Gasteiger partial charge in [-0.3, -0.25) is 19.3 Å². The number of aromatic nitrogens is 2. The number of carbonyl (C=O) groups excluding carboxylic acids is 4. The molecule has 3 fully saturated rings. The van der Waals surface area contributed by atoms with Gasteiger partial charge in [-0.2, -0.15) is 0 Å². The van der Waals surface area contributed by atoms with E-state index in [0.29, 0.717) is 67.0 Å². The number of unbranched alkanes of at least 4 members (excludes halogenated alkanes) is 3. The molecule has 3 aliphatic heterocycles. The number of hydrogen-bond donors (Lipinski definition) is 1. The lowest BCUT2D eigenvalue weighted by atomic mass is 9.53.